The van der Waals surface area contributed by atoms with Gasteiger partial charge in [-0.1, -0.05) is 13.3 Å². The summed E-state index contributed by atoms with van der Waals surface area (Å²) in [7, 11) is 0. The normalized spacial score (nSPS) is 12.6. The van der Waals surface area contributed by atoms with E-state index in [2.05, 4.69) is 24.9 Å². The van der Waals surface area contributed by atoms with Crippen LogP contribution in [0.15, 0.2) is 0 Å². The van der Waals surface area contributed by atoms with Gasteiger partial charge >= 0.3 is 0 Å². The summed E-state index contributed by atoms with van der Waals surface area (Å²) >= 11 is 3.91. The summed E-state index contributed by atoms with van der Waals surface area (Å²) < 4.78 is 0. The van der Waals surface area contributed by atoms with Crippen LogP contribution in [0.2, 0.25) is 0 Å². The largest absolute Gasteiger partial charge is 0.355 e. The maximum absolute atomic E-state index is 11.0. The Balaban J connectivity index is 3.36. The van der Waals surface area contributed by atoms with E-state index in [9.17, 15) is 4.79 Å². The quantitative estimate of drug-likeness (QED) is 0.244. The van der Waals surface area contributed by atoms with E-state index in [1.807, 2.05) is 0 Å². The number of thiol groups is 1. The van der Waals surface area contributed by atoms with E-state index in [1.54, 1.807) is 0 Å². The number of carbonyl (C=O) groups is 1. The van der Waals surface area contributed by atoms with Crippen molar-refractivity contribution in [3.8, 4) is 0 Å². The molecule has 1 amide bonds. The molecular formula is C7H16N2OS. The molecule has 0 heterocycles. The van der Waals surface area contributed by atoms with Crippen molar-refractivity contribution in [3.05, 3.63) is 0 Å². The fourth-order valence-electron chi connectivity index (χ4n) is 0.602. The Bertz CT molecular complexity index is 119. The Labute approximate surface area is 73.1 Å². The number of hydrogen-bond donors (Lipinski definition) is 3. The zero-order valence-electron chi connectivity index (χ0n) is 6.84. The van der Waals surface area contributed by atoms with Gasteiger partial charge in [0.25, 0.3) is 0 Å². The van der Waals surface area contributed by atoms with Gasteiger partial charge in [0.15, 0.2) is 0 Å². The molecule has 11 heavy (non-hydrogen) atoms. The van der Waals surface area contributed by atoms with Gasteiger partial charge in [-0.2, -0.15) is 12.6 Å². The molecule has 1 atom stereocenters. The summed E-state index contributed by atoms with van der Waals surface area (Å²) in [6, 6.07) is -0.463. The highest BCUT2D eigenvalue weighted by atomic mass is 32.1. The Kier molecular flexibility index (Phi) is 6.36. The van der Waals surface area contributed by atoms with Gasteiger partial charge in [0.2, 0.25) is 5.91 Å². The topological polar surface area (TPSA) is 55.1 Å². The van der Waals surface area contributed by atoms with E-state index < -0.39 is 6.04 Å². The summed E-state index contributed by atoms with van der Waals surface area (Å²) in [5.74, 6) is 0.297. The van der Waals surface area contributed by atoms with Crippen molar-refractivity contribution < 1.29 is 4.79 Å². The van der Waals surface area contributed by atoms with Crippen LogP contribution in [-0.4, -0.2) is 24.2 Å². The molecule has 66 valence electrons. The third-order valence-corrected chi connectivity index (χ3v) is 1.76. The van der Waals surface area contributed by atoms with Crippen LogP contribution >= 0.6 is 12.6 Å². The molecule has 0 bridgehead atoms. The third-order valence-electron chi connectivity index (χ3n) is 1.36. The molecule has 0 aromatic carbocycles. The molecule has 0 aromatic rings. The van der Waals surface area contributed by atoms with Gasteiger partial charge in [-0.15, -0.1) is 0 Å². The summed E-state index contributed by atoms with van der Waals surface area (Å²) in [4.78, 5) is 11.0. The van der Waals surface area contributed by atoms with E-state index in [4.69, 9.17) is 5.73 Å². The van der Waals surface area contributed by atoms with E-state index in [0.29, 0.717) is 5.75 Å². The molecule has 3 nitrogen and oxygen atoms in total. The molecule has 0 aliphatic rings. The van der Waals surface area contributed by atoms with E-state index in [1.165, 1.54) is 0 Å². The van der Waals surface area contributed by atoms with Gasteiger partial charge in [0.05, 0.1) is 6.04 Å². The van der Waals surface area contributed by atoms with Crippen LogP contribution in [-0.2, 0) is 4.79 Å². The van der Waals surface area contributed by atoms with Crippen LogP contribution in [0.1, 0.15) is 19.8 Å². The highest BCUT2D eigenvalue weighted by Gasteiger charge is 2.08. The predicted molar refractivity (Wildman–Crippen MR) is 49.7 cm³/mol. The van der Waals surface area contributed by atoms with Gasteiger partial charge < -0.3 is 11.1 Å². The molecule has 0 aliphatic heterocycles. The van der Waals surface area contributed by atoms with Crippen LogP contribution in [0.25, 0.3) is 0 Å². The average molecular weight is 179 g/mol. The van der Waals surface area contributed by atoms with Gasteiger partial charge in [-0.3, -0.25) is 4.79 Å². The Morgan fingerprint density at radius 1 is 1.73 bits per heavy atom. The second-order valence-corrected chi connectivity index (χ2v) is 2.80. The molecule has 0 saturated heterocycles. The van der Waals surface area contributed by atoms with Crippen molar-refractivity contribution >= 4 is 18.5 Å². The third kappa shape index (κ3) is 5.09. The highest BCUT2D eigenvalue weighted by molar-refractivity contribution is 7.80. The molecule has 0 fully saturated rings. The Hall–Kier alpha value is -0.220. The van der Waals surface area contributed by atoms with Crippen LogP contribution in [0, 0.1) is 0 Å². The van der Waals surface area contributed by atoms with Crippen molar-refractivity contribution in [1.82, 2.24) is 5.32 Å². The molecule has 0 rings (SSSR count). The average Bonchev–Trinajstić information content (AvgIpc) is 2.03. The van der Waals surface area contributed by atoms with E-state index >= 15 is 0 Å². The smallest absolute Gasteiger partial charge is 0.237 e. The van der Waals surface area contributed by atoms with Gasteiger partial charge in [-0.05, 0) is 6.42 Å². The Morgan fingerprint density at radius 2 is 2.36 bits per heavy atom. The number of carbonyl (C=O) groups excluding carboxylic acids is 1. The van der Waals surface area contributed by atoms with Crippen molar-refractivity contribution in [3.63, 3.8) is 0 Å². The van der Waals surface area contributed by atoms with Crippen LogP contribution in [0.3, 0.4) is 0 Å². The van der Waals surface area contributed by atoms with Crippen molar-refractivity contribution in [2.24, 2.45) is 5.73 Å². The minimum atomic E-state index is -0.463. The first kappa shape index (κ1) is 10.8. The molecule has 0 aromatic heterocycles. The van der Waals surface area contributed by atoms with Gasteiger partial charge in [0, 0.05) is 12.3 Å². The summed E-state index contributed by atoms with van der Waals surface area (Å²) in [5.41, 5.74) is 5.41. The zero-order chi connectivity index (χ0) is 8.69. The monoisotopic (exact) mass is 179 g/mol. The zero-order valence-corrected chi connectivity index (χ0v) is 7.73. The Morgan fingerprint density at radius 3 is 2.82 bits per heavy atom. The lowest BCUT2D eigenvalue weighted by molar-refractivity contribution is -0.121. The number of rotatable bonds is 5. The van der Waals surface area contributed by atoms with Crippen molar-refractivity contribution in [1.29, 1.82) is 0 Å². The summed E-state index contributed by atoms with van der Waals surface area (Å²) in [5, 5.41) is 2.72. The fourth-order valence-corrected chi connectivity index (χ4v) is 0.768. The summed E-state index contributed by atoms with van der Waals surface area (Å²) in [6.45, 7) is 2.79. The lowest BCUT2D eigenvalue weighted by Gasteiger charge is -2.08. The molecule has 4 heteroatoms. The van der Waals surface area contributed by atoms with Crippen molar-refractivity contribution in [2.75, 3.05) is 12.3 Å². The SMILES string of the molecule is CCCC[15NH]C(=[18O])[C@@H](N)CS. The molecule has 0 radical (unpaired) electrons. The molecule has 0 saturated carbocycles. The molecular weight excluding hydrogens is 163 g/mol. The van der Waals surface area contributed by atoms with E-state index in [0.717, 1.165) is 19.4 Å². The highest BCUT2D eigenvalue weighted by Crippen LogP contribution is 1.86. The minimum Gasteiger partial charge on any atom is -0.355 e. The van der Waals surface area contributed by atoms with Crippen LogP contribution in [0.4, 0.5) is 0 Å². The second kappa shape index (κ2) is 6.49. The number of hydrogen-bond acceptors (Lipinski definition) is 3. The maximum atomic E-state index is 11.0. The number of unbranched alkanes of at least 4 members (excludes halogenated alkanes) is 1. The van der Waals surface area contributed by atoms with Gasteiger partial charge in [0.1, 0.15) is 0 Å². The molecule has 0 spiro atoms. The number of amides is 1. The first-order chi connectivity index (χ1) is 5.22. The predicted octanol–water partition coefficient (Wildman–Crippen LogP) is 0.160. The first-order valence-corrected chi connectivity index (χ1v) is 4.49. The lowest BCUT2D eigenvalue weighted by Crippen LogP contribution is -2.42. The summed E-state index contributed by atoms with van der Waals surface area (Å²) in [6.07, 6.45) is 2.08. The minimum absolute atomic E-state index is 0.103. The molecule has 0 aliphatic carbocycles. The second-order valence-electron chi connectivity index (χ2n) is 2.43. The standard InChI is InChI=1S/C7H16N2OS/c1-2-3-4-9-7(10)6(8)5-11/h6,11H,2-5,8H2,1H3,(H,9,10)/t6-/m0/s1/i9+1,10+2. The maximum Gasteiger partial charge on any atom is 0.237 e. The fraction of sp³-hybridized carbons (Fsp3) is 0.857. The van der Waals surface area contributed by atoms with Crippen LogP contribution in [0.5, 0.6) is 0 Å². The van der Waals surface area contributed by atoms with Gasteiger partial charge in [-0.25, -0.2) is 0 Å². The first-order valence-electron chi connectivity index (χ1n) is 3.86. The number of nitrogens with one attached hydrogen (secondary N) is 1. The molecule has 3 N–H and O–H groups in total. The lowest BCUT2D eigenvalue weighted by atomic mass is 10.3. The number of nitrogens with two attached hydrogens (primary N) is 1. The van der Waals surface area contributed by atoms with Crippen molar-refractivity contribution in [2.45, 2.75) is 25.8 Å². The van der Waals surface area contributed by atoms with E-state index in [-0.39, 0.29) is 5.91 Å². The molecule has 0 unspecified atom stereocenters. The van der Waals surface area contributed by atoms with Crippen LogP contribution < -0.4 is 11.1 Å².